The number of benzene rings is 2. The number of alkyl halides is 2. The van der Waals surface area contributed by atoms with Gasteiger partial charge >= 0.3 is 0 Å². The highest BCUT2D eigenvalue weighted by Crippen LogP contribution is 2.60. The van der Waals surface area contributed by atoms with E-state index in [4.69, 9.17) is 9.47 Å². The van der Waals surface area contributed by atoms with E-state index in [1.165, 1.54) is 37.7 Å². The number of hydrogen-bond acceptors (Lipinski definition) is 6. The van der Waals surface area contributed by atoms with Crippen molar-refractivity contribution >= 4 is 66.2 Å². The molecule has 2 aromatic carbocycles. The quantitative estimate of drug-likeness (QED) is 0.131. The summed E-state index contributed by atoms with van der Waals surface area (Å²) in [6, 6.07) is 15.3. The summed E-state index contributed by atoms with van der Waals surface area (Å²) >= 11 is 8.46. The summed E-state index contributed by atoms with van der Waals surface area (Å²) < 4.78 is 22.0. The maximum atomic E-state index is 12.6. The number of fused-ring (bicyclic) bond motifs is 2. The Kier molecular flexibility index (Phi) is 12.7. The predicted octanol–water partition coefficient (Wildman–Crippen LogP) is 7.31. The first-order valence-corrected chi connectivity index (χ1v) is 19.3. The molecule has 0 radical (unpaired) electrons. The van der Waals surface area contributed by atoms with E-state index in [2.05, 4.69) is 51.0 Å². The molecule has 0 aromatic heterocycles. The van der Waals surface area contributed by atoms with Crippen molar-refractivity contribution in [1.29, 1.82) is 0 Å². The van der Waals surface area contributed by atoms with E-state index in [0.29, 0.717) is 13.3 Å². The van der Waals surface area contributed by atoms with Gasteiger partial charge in [-0.05, 0) is 49.9 Å². The van der Waals surface area contributed by atoms with Crippen molar-refractivity contribution in [2.75, 3.05) is 12.5 Å². The van der Waals surface area contributed by atoms with Gasteiger partial charge in [0, 0.05) is 33.1 Å². The second-order valence-corrected chi connectivity index (χ2v) is 19.3. The maximum absolute atomic E-state index is 12.6. The zero-order chi connectivity index (χ0) is 31.9. The Hall–Kier alpha value is -1.56. The molecule has 3 heterocycles. The lowest BCUT2D eigenvalue weighted by Gasteiger charge is -2.46. The number of ether oxygens (including phenoxy) is 2. The Bertz CT molecular complexity index is 1310. The molecule has 2 amide bonds. The van der Waals surface area contributed by atoms with Gasteiger partial charge in [0.25, 0.3) is 5.91 Å². The molecule has 3 aliphatic rings. The van der Waals surface area contributed by atoms with Crippen LogP contribution in [0.4, 0.5) is 0 Å². The number of halogens is 2. The largest absolute Gasteiger partial charge is 0.454 e. The van der Waals surface area contributed by atoms with Gasteiger partial charge in [0.1, 0.15) is 11.4 Å². The van der Waals surface area contributed by atoms with Gasteiger partial charge in [-0.1, -0.05) is 114 Å². The lowest BCUT2D eigenvalue weighted by atomic mass is 9.97. The number of carbonyl (C=O) groups excluding carboxylic acids is 2. The van der Waals surface area contributed by atoms with Crippen LogP contribution in [0.5, 0.6) is 11.5 Å². The number of rotatable bonds is 13. The molecular weight excluding hydrogens is 728 g/mol. The second kappa shape index (κ2) is 15.8. The number of β-lactam (4-membered cyclic amide) rings is 1. The van der Waals surface area contributed by atoms with Crippen LogP contribution in [0.25, 0.3) is 0 Å². The third kappa shape index (κ3) is 8.62. The maximum Gasteiger partial charge on any atom is 0.255 e. The highest BCUT2D eigenvalue weighted by molar-refractivity contribution is 9.26. The van der Waals surface area contributed by atoms with Crippen molar-refractivity contribution in [2.24, 2.45) is 0 Å². The van der Waals surface area contributed by atoms with Crippen LogP contribution in [0.3, 0.4) is 0 Å². The van der Waals surface area contributed by atoms with Crippen LogP contribution < -0.4 is 14.8 Å². The van der Waals surface area contributed by atoms with Crippen LogP contribution >= 0.6 is 43.6 Å². The first kappa shape index (κ1) is 35.3. The molecule has 1 N–H and O–H groups in total. The van der Waals surface area contributed by atoms with Gasteiger partial charge in [0.15, 0.2) is 14.7 Å². The third-order valence-electron chi connectivity index (χ3n) is 8.10. The van der Waals surface area contributed by atoms with E-state index in [9.17, 15) is 13.8 Å². The van der Waals surface area contributed by atoms with Crippen molar-refractivity contribution in [3.05, 3.63) is 59.7 Å². The van der Waals surface area contributed by atoms with Crippen molar-refractivity contribution in [1.82, 2.24) is 10.2 Å². The Morgan fingerprint density at radius 2 is 1.73 bits per heavy atom. The standard InChI is InChI=1S/C18H28O3S.C15H16Br2N2O2S/c1-3-4-5-6-7-8-11-22(19)15(2)12-16-9-10-17-18(13-16)21-14-20-17;1-14(2)10(19-12(21)15(16,17)13(19)22-14)11(20)18-8-9-6-4-3-5-7-9/h9-10,13,15H,3-8,11-12,14H2,1-2H3;3-7,10,13H,8H2,1-2H3,(H,18,20)/t;10-,13+/m.0/s1. The van der Waals surface area contributed by atoms with Crippen LogP contribution in [0, 0.1) is 0 Å². The topological polar surface area (TPSA) is 84.9 Å². The number of thioether (sulfide) groups is 1. The van der Waals surface area contributed by atoms with E-state index >= 15 is 0 Å². The van der Waals surface area contributed by atoms with Crippen LogP contribution in [0.1, 0.15) is 77.3 Å². The van der Waals surface area contributed by atoms with E-state index in [1.807, 2.05) is 62.4 Å². The summed E-state index contributed by atoms with van der Waals surface area (Å²) in [5.74, 6) is 2.26. The third-order valence-corrected chi connectivity index (χ3v) is 13.6. The summed E-state index contributed by atoms with van der Waals surface area (Å²) in [6.45, 7) is 9.10. The van der Waals surface area contributed by atoms with Gasteiger partial charge < -0.3 is 19.7 Å². The first-order chi connectivity index (χ1) is 21.0. The van der Waals surface area contributed by atoms with E-state index in [0.717, 1.165) is 35.7 Å². The molecule has 44 heavy (non-hydrogen) atoms. The molecule has 242 valence electrons. The molecule has 2 saturated heterocycles. The molecule has 2 unspecified atom stereocenters. The molecule has 2 aromatic rings. The zero-order valence-corrected chi connectivity index (χ0v) is 30.8. The monoisotopic (exact) mass is 770 g/mol. The Labute approximate surface area is 285 Å². The summed E-state index contributed by atoms with van der Waals surface area (Å²) in [5, 5.41) is 3.08. The SMILES string of the molecule is CC1(C)S[C@H]2N(C(=O)C2(Br)Br)[C@H]1C(=O)NCc1ccccc1.CCCCCCCCS(=O)C(C)Cc1ccc2c(c1)OCO2. The van der Waals surface area contributed by atoms with Gasteiger partial charge in [-0.2, -0.15) is 0 Å². The Morgan fingerprint density at radius 3 is 2.45 bits per heavy atom. The molecule has 0 bridgehead atoms. The van der Waals surface area contributed by atoms with Gasteiger partial charge in [-0.3, -0.25) is 13.8 Å². The average molecular weight is 773 g/mol. The summed E-state index contributed by atoms with van der Waals surface area (Å²) in [6.07, 6.45) is 8.32. The molecule has 4 atom stereocenters. The molecule has 0 aliphatic carbocycles. The molecule has 7 nitrogen and oxygen atoms in total. The summed E-state index contributed by atoms with van der Waals surface area (Å²) in [5.41, 5.74) is 2.22. The number of amides is 2. The fourth-order valence-corrected chi connectivity index (χ4v) is 9.79. The van der Waals surface area contributed by atoms with Crippen LogP contribution in [-0.4, -0.2) is 58.1 Å². The van der Waals surface area contributed by atoms with Gasteiger partial charge in [-0.15, -0.1) is 11.8 Å². The molecule has 0 spiro atoms. The first-order valence-electron chi connectivity index (χ1n) is 15.4. The van der Waals surface area contributed by atoms with E-state index < -0.39 is 20.1 Å². The van der Waals surface area contributed by atoms with Gasteiger partial charge in [0.05, 0.1) is 0 Å². The van der Waals surface area contributed by atoms with Crippen LogP contribution in [0.2, 0.25) is 0 Å². The fraction of sp³-hybridized carbons (Fsp3) is 0.576. The highest BCUT2D eigenvalue weighted by atomic mass is 79.9. The van der Waals surface area contributed by atoms with E-state index in [-0.39, 0.29) is 27.2 Å². The smallest absolute Gasteiger partial charge is 0.255 e. The van der Waals surface area contributed by atoms with Crippen molar-refractivity contribution in [3.63, 3.8) is 0 Å². The molecule has 5 rings (SSSR count). The van der Waals surface area contributed by atoms with E-state index in [1.54, 1.807) is 16.7 Å². The van der Waals surface area contributed by atoms with Crippen molar-refractivity contribution in [2.45, 2.75) is 104 Å². The average Bonchev–Trinajstić information content (AvgIpc) is 3.58. The number of nitrogens with one attached hydrogen (secondary N) is 1. The lowest BCUT2D eigenvalue weighted by molar-refractivity contribution is -0.149. The minimum absolute atomic E-state index is 0.0672. The van der Waals surface area contributed by atoms with Crippen LogP contribution in [-0.2, 0) is 33.4 Å². The molecular formula is C33H44Br2N2O5S2. The normalized spacial score (nSPS) is 21.9. The molecule has 3 aliphatic heterocycles. The Balaban J connectivity index is 0.000000201. The van der Waals surface area contributed by atoms with Crippen molar-refractivity contribution in [3.8, 4) is 11.5 Å². The number of unbranched alkanes of at least 4 members (excludes halogenated alkanes) is 5. The zero-order valence-electron chi connectivity index (χ0n) is 26.0. The number of hydrogen-bond donors (Lipinski definition) is 1. The minimum Gasteiger partial charge on any atom is -0.454 e. The molecule has 0 saturated carbocycles. The number of carbonyl (C=O) groups is 2. The van der Waals surface area contributed by atoms with Gasteiger partial charge in [0.2, 0.25) is 12.7 Å². The number of nitrogens with zero attached hydrogens (tertiary/aromatic N) is 1. The lowest BCUT2D eigenvalue weighted by Crippen LogP contribution is -2.69. The van der Waals surface area contributed by atoms with Gasteiger partial charge in [-0.25, -0.2) is 0 Å². The predicted molar refractivity (Wildman–Crippen MR) is 187 cm³/mol. The molecule has 11 heteroatoms. The fourth-order valence-electron chi connectivity index (χ4n) is 5.61. The second-order valence-electron chi connectivity index (χ2n) is 12.1. The summed E-state index contributed by atoms with van der Waals surface area (Å²) in [7, 11) is -0.743. The van der Waals surface area contributed by atoms with Crippen molar-refractivity contribution < 1.29 is 23.3 Å². The molecule has 2 fully saturated rings. The minimum atomic E-state index is -0.743. The van der Waals surface area contributed by atoms with Crippen LogP contribution in [0.15, 0.2) is 48.5 Å². The summed E-state index contributed by atoms with van der Waals surface area (Å²) in [4.78, 5) is 26.6. The highest BCUT2D eigenvalue weighted by Gasteiger charge is 2.69. The Morgan fingerprint density at radius 1 is 1.05 bits per heavy atom.